The summed E-state index contributed by atoms with van der Waals surface area (Å²) in [7, 11) is 0. The van der Waals surface area contributed by atoms with Gasteiger partial charge in [0.2, 0.25) is 0 Å². The van der Waals surface area contributed by atoms with Crippen LogP contribution in [0.15, 0.2) is 18.2 Å². The Labute approximate surface area is 101 Å². The van der Waals surface area contributed by atoms with Crippen LogP contribution in [0.25, 0.3) is 0 Å². The first-order valence-corrected chi connectivity index (χ1v) is 5.78. The molecule has 0 aromatic heterocycles. The molecule has 86 valence electrons. The smallest absolute Gasteiger partial charge is 0.282 e. The highest BCUT2D eigenvalue weighted by Gasteiger charge is 2.21. The van der Waals surface area contributed by atoms with E-state index < -0.39 is 10.8 Å². The normalized spacial score (nSPS) is 9.88. The van der Waals surface area contributed by atoms with E-state index in [1.807, 2.05) is 0 Å². The van der Waals surface area contributed by atoms with E-state index in [0.717, 1.165) is 0 Å². The Bertz CT molecular complexity index is 421. The fourth-order valence-electron chi connectivity index (χ4n) is 1.35. The molecule has 0 radical (unpaired) electrons. The summed E-state index contributed by atoms with van der Waals surface area (Å²) in [6, 6.07) is 4.57. The zero-order valence-corrected chi connectivity index (χ0v) is 10.3. The molecule has 0 unspecified atom stereocenters. The number of benzene rings is 1. The van der Waals surface area contributed by atoms with Gasteiger partial charge in [0.1, 0.15) is 5.56 Å². The van der Waals surface area contributed by atoms with Crippen LogP contribution in [0.5, 0.6) is 0 Å². The van der Waals surface area contributed by atoms with Gasteiger partial charge in [-0.05, 0) is 12.5 Å². The fraction of sp³-hybridized carbons (Fsp3) is 0.300. The second-order valence-corrected chi connectivity index (χ2v) is 3.96. The number of halogens is 1. The summed E-state index contributed by atoms with van der Waals surface area (Å²) >= 11 is 3.17. The van der Waals surface area contributed by atoms with Crippen LogP contribution in [-0.2, 0) is 0 Å². The lowest BCUT2D eigenvalue weighted by atomic mass is 10.1. The maximum atomic E-state index is 11.7. The highest BCUT2D eigenvalue weighted by molar-refractivity contribution is 9.09. The molecule has 1 N–H and O–H groups in total. The van der Waals surface area contributed by atoms with E-state index in [9.17, 15) is 14.9 Å². The molecule has 0 heterocycles. The van der Waals surface area contributed by atoms with Gasteiger partial charge in [-0.1, -0.05) is 28.1 Å². The Morgan fingerprint density at radius 1 is 1.56 bits per heavy atom. The van der Waals surface area contributed by atoms with Crippen molar-refractivity contribution in [1.29, 1.82) is 0 Å². The number of carbonyl (C=O) groups excluding carboxylic acids is 1. The first kappa shape index (κ1) is 12.6. The van der Waals surface area contributed by atoms with Gasteiger partial charge in [-0.2, -0.15) is 0 Å². The first-order chi connectivity index (χ1) is 7.57. The zero-order chi connectivity index (χ0) is 12.1. The average Bonchev–Trinajstić information content (AvgIpc) is 2.25. The lowest BCUT2D eigenvalue weighted by Gasteiger charge is -2.06. The molecule has 1 rings (SSSR count). The standard InChI is InChI=1S/C10H11BrN2O3/c1-7-3-2-4-8(13(15)16)9(7)10(14)12-6-5-11/h2-4H,5-6H2,1H3,(H,12,14). The van der Waals surface area contributed by atoms with Crippen molar-refractivity contribution in [2.24, 2.45) is 0 Å². The van der Waals surface area contributed by atoms with Crippen molar-refractivity contribution >= 4 is 27.5 Å². The van der Waals surface area contributed by atoms with Gasteiger partial charge in [-0.3, -0.25) is 14.9 Å². The largest absolute Gasteiger partial charge is 0.351 e. The van der Waals surface area contributed by atoms with Gasteiger partial charge in [0.05, 0.1) is 4.92 Å². The molecule has 1 amide bonds. The van der Waals surface area contributed by atoms with Crippen LogP contribution in [0.4, 0.5) is 5.69 Å². The molecule has 0 saturated carbocycles. The molecule has 6 heteroatoms. The van der Waals surface area contributed by atoms with E-state index in [2.05, 4.69) is 21.2 Å². The monoisotopic (exact) mass is 286 g/mol. The minimum absolute atomic E-state index is 0.133. The third-order valence-electron chi connectivity index (χ3n) is 2.05. The molecule has 0 aliphatic rings. The topological polar surface area (TPSA) is 72.2 Å². The molecule has 5 nitrogen and oxygen atoms in total. The number of nitrogens with one attached hydrogen (secondary N) is 1. The van der Waals surface area contributed by atoms with E-state index in [-0.39, 0.29) is 11.3 Å². The fourth-order valence-corrected chi connectivity index (χ4v) is 1.55. The highest BCUT2D eigenvalue weighted by atomic mass is 79.9. The second kappa shape index (κ2) is 5.60. The number of rotatable bonds is 4. The summed E-state index contributed by atoms with van der Waals surface area (Å²) in [6.07, 6.45) is 0. The van der Waals surface area contributed by atoms with Gasteiger partial charge in [0.25, 0.3) is 11.6 Å². The summed E-state index contributed by atoms with van der Waals surface area (Å²) < 4.78 is 0. The predicted octanol–water partition coefficient (Wildman–Crippen LogP) is 2.03. The summed E-state index contributed by atoms with van der Waals surface area (Å²) in [5, 5.41) is 14.0. The molecule has 16 heavy (non-hydrogen) atoms. The SMILES string of the molecule is Cc1cccc([N+](=O)[O-])c1C(=O)NCCBr. The van der Waals surface area contributed by atoms with Crippen molar-refractivity contribution < 1.29 is 9.72 Å². The van der Waals surface area contributed by atoms with Crippen LogP contribution in [0, 0.1) is 17.0 Å². The Balaban J connectivity index is 3.10. The molecule has 0 bridgehead atoms. The molecule has 0 saturated heterocycles. The molecule has 0 atom stereocenters. The molecule has 1 aromatic rings. The van der Waals surface area contributed by atoms with Crippen LogP contribution < -0.4 is 5.32 Å². The lowest BCUT2D eigenvalue weighted by molar-refractivity contribution is -0.385. The maximum Gasteiger partial charge on any atom is 0.282 e. The van der Waals surface area contributed by atoms with Gasteiger partial charge in [-0.25, -0.2) is 0 Å². The molecular formula is C10H11BrN2O3. The minimum Gasteiger partial charge on any atom is -0.351 e. The molecule has 0 aliphatic carbocycles. The van der Waals surface area contributed by atoms with E-state index in [4.69, 9.17) is 0 Å². The van der Waals surface area contributed by atoms with E-state index >= 15 is 0 Å². The molecule has 0 fully saturated rings. The molecule has 0 spiro atoms. The lowest BCUT2D eigenvalue weighted by Crippen LogP contribution is -2.26. The number of hydrogen-bond acceptors (Lipinski definition) is 3. The van der Waals surface area contributed by atoms with Crippen LogP contribution in [0.3, 0.4) is 0 Å². The number of alkyl halides is 1. The van der Waals surface area contributed by atoms with Crippen LogP contribution >= 0.6 is 15.9 Å². The molecular weight excluding hydrogens is 276 g/mol. The van der Waals surface area contributed by atoms with Gasteiger partial charge < -0.3 is 5.32 Å². The number of amides is 1. The Morgan fingerprint density at radius 3 is 2.81 bits per heavy atom. The zero-order valence-electron chi connectivity index (χ0n) is 8.70. The average molecular weight is 287 g/mol. The van der Waals surface area contributed by atoms with Gasteiger partial charge in [0.15, 0.2) is 0 Å². The minimum atomic E-state index is -0.546. The van der Waals surface area contributed by atoms with Gasteiger partial charge >= 0.3 is 0 Å². The van der Waals surface area contributed by atoms with Crippen molar-refractivity contribution in [3.05, 3.63) is 39.4 Å². The third-order valence-corrected chi connectivity index (χ3v) is 2.45. The van der Waals surface area contributed by atoms with Gasteiger partial charge in [-0.15, -0.1) is 0 Å². The van der Waals surface area contributed by atoms with Crippen molar-refractivity contribution in [3.8, 4) is 0 Å². The van der Waals surface area contributed by atoms with Crippen molar-refractivity contribution in [2.45, 2.75) is 6.92 Å². The van der Waals surface area contributed by atoms with Crippen molar-refractivity contribution in [2.75, 3.05) is 11.9 Å². The summed E-state index contributed by atoms with van der Waals surface area (Å²) in [6.45, 7) is 2.11. The predicted molar refractivity (Wildman–Crippen MR) is 64.0 cm³/mol. The number of nitrogens with zero attached hydrogens (tertiary/aromatic N) is 1. The highest BCUT2D eigenvalue weighted by Crippen LogP contribution is 2.21. The number of nitro benzene ring substituents is 1. The maximum absolute atomic E-state index is 11.7. The first-order valence-electron chi connectivity index (χ1n) is 4.66. The summed E-state index contributed by atoms with van der Waals surface area (Å²) in [5.74, 6) is -0.413. The number of hydrogen-bond donors (Lipinski definition) is 1. The van der Waals surface area contributed by atoms with Crippen molar-refractivity contribution in [3.63, 3.8) is 0 Å². The van der Waals surface area contributed by atoms with Crippen molar-refractivity contribution in [1.82, 2.24) is 5.32 Å². The molecule has 0 aliphatic heterocycles. The third kappa shape index (κ3) is 2.79. The van der Waals surface area contributed by atoms with Crippen LogP contribution in [0.2, 0.25) is 0 Å². The van der Waals surface area contributed by atoms with E-state index in [1.54, 1.807) is 19.1 Å². The number of nitro groups is 1. The van der Waals surface area contributed by atoms with Gasteiger partial charge in [0, 0.05) is 17.9 Å². The Kier molecular flexibility index (Phi) is 4.42. The number of aryl methyl sites for hydroxylation is 1. The van der Waals surface area contributed by atoms with Crippen LogP contribution in [0.1, 0.15) is 15.9 Å². The Morgan fingerprint density at radius 2 is 2.25 bits per heavy atom. The second-order valence-electron chi connectivity index (χ2n) is 3.17. The quantitative estimate of drug-likeness (QED) is 0.523. The summed E-state index contributed by atoms with van der Waals surface area (Å²) in [5.41, 5.74) is 0.571. The summed E-state index contributed by atoms with van der Waals surface area (Å²) in [4.78, 5) is 21.9. The van der Waals surface area contributed by atoms with E-state index in [1.165, 1.54) is 6.07 Å². The van der Waals surface area contributed by atoms with Crippen LogP contribution in [-0.4, -0.2) is 22.7 Å². The Hall–Kier alpha value is -1.43. The van der Waals surface area contributed by atoms with E-state index in [0.29, 0.717) is 17.4 Å². The number of carbonyl (C=O) groups is 1. The molecule has 1 aromatic carbocycles.